The molecule has 0 aromatic heterocycles. The molecule has 0 aliphatic heterocycles. The number of phosphoric acid groups is 1. The molecule has 0 aromatic rings. The summed E-state index contributed by atoms with van der Waals surface area (Å²) < 4.78 is 33.6. The number of hydrogen-bond donors (Lipinski definition) is 0. The van der Waals surface area contributed by atoms with Gasteiger partial charge in [0.05, 0.1) is 27.7 Å². The van der Waals surface area contributed by atoms with Crippen molar-refractivity contribution in [3.05, 3.63) is 24.3 Å². The summed E-state index contributed by atoms with van der Waals surface area (Å²) in [4.78, 5) is 37.1. The van der Waals surface area contributed by atoms with Gasteiger partial charge in [-0.05, 0) is 44.9 Å². The zero-order chi connectivity index (χ0) is 34.4. The van der Waals surface area contributed by atoms with E-state index >= 15 is 0 Å². The molecule has 9 nitrogen and oxygen atoms in total. The molecule has 1 unspecified atom stereocenters. The first kappa shape index (κ1) is 44.5. The minimum Gasteiger partial charge on any atom is -0.756 e. The fourth-order valence-corrected chi connectivity index (χ4v) is 5.29. The van der Waals surface area contributed by atoms with Crippen LogP contribution in [0.15, 0.2) is 24.3 Å². The van der Waals surface area contributed by atoms with Crippen molar-refractivity contribution in [1.29, 1.82) is 0 Å². The normalized spacial score (nSPS) is 14.1. The maximum atomic E-state index is 12.5. The second-order valence-electron chi connectivity index (χ2n) is 13.2. The van der Waals surface area contributed by atoms with Gasteiger partial charge >= 0.3 is 11.9 Å². The van der Waals surface area contributed by atoms with Crippen molar-refractivity contribution < 1.29 is 42.1 Å². The fraction of sp³-hybridized carbons (Fsp3) is 0.833. The molecule has 0 aromatic carbocycles. The second-order valence-corrected chi connectivity index (χ2v) is 14.6. The number of ether oxygens (including phenoxy) is 2. The molecular formula is C36H68NO8P. The summed E-state index contributed by atoms with van der Waals surface area (Å²) in [5, 5.41) is 0. The first-order valence-electron chi connectivity index (χ1n) is 18.0. The van der Waals surface area contributed by atoms with E-state index in [1.807, 2.05) is 21.1 Å². The van der Waals surface area contributed by atoms with Crippen LogP contribution in [0.5, 0.6) is 0 Å². The number of unbranched alkanes of at least 4 members (excludes halogenated alkanes) is 14. The van der Waals surface area contributed by atoms with Crippen LogP contribution in [-0.4, -0.2) is 70.0 Å². The van der Waals surface area contributed by atoms with Crippen LogP contribution < -0.4 is 4.89 Å². The number of likely N-dealkylation sites (N-methyl/N-ethyl adjacent to an activating group) is 1. The van der Waals surface area contributed by atoms with Crippen LogP contribution in [0.1, 0.15) is 142 Å². The quantitative estimate of drug-likeness (QED) is 0.0230. The lowest BCUT2D eigenvalue weighted by atomic mass is 10.1. The summed E-state index contributed by atoms with van der Waals surface area (Å²) >= 11 is 0. The number of esters is 2. The molecule has 270 valence electrons. The van der Waals surface area contributed by atoms with Crippen LogP contribution >= 0.6 is 7.82 Å². The van der Waals surface area contributed by atoms with Gasteiger partial charge in [0.1, 0.15) is 19.8 Å². The molecule has 2 atom stereocenters. The Labute approximate surface area is 281 Å². The summed E-state index contributed by atoms with van der Waals surface area (Å²) in [6, 6.07) is 0. The molecular weight excluding hydrogens is 605 g/mol. The number of carbonyl (C=O) groups is 2. The first-order chi connectivity index (χ1) is 22.0. The average molecular weight is 674 g/mol. The Morgan fingerprint density at radius 3 is 1.76 bits per heavy atom. The van der Waals surface area contributed by atoms with Gasteiger partial charge in [0.15, 0.2) is 6.10 Å². The molecule has 0 N–H and O–H groups in total. The van der Waals surface area contributed by atoms with Gasteiger partial charge in [-0.3, -0.25) is 14.2 Å². The molecule has 0 spiro atoms. The first-order valence-corrected chi connectivity index (χ1v) is 19.5. The van der Waals surface area contributed by atoms with Crippen molar-refractivity contribution in [2.24, 2.45) is 0 Å². The molecule has 0 saturated carbocycles. The smallest absolute Gasteiger partial charge is 0.306 e. The molecule has 0 rings (SSSR count). The monoisotopic (exact) mass is 673 g/mol. The predicted octanol–water partition coefficient (Wildman–Crippen LogP) is 8.60. The van der Waals surface area contributed by atoms with E-state index in [0.717, 1.165) is 57.8 Å². The Balaban J connectivity index is 4.41. The largest absolute Gasteiger partial charge is 0.756 e. The van der Waals surface area contributed by atoms with Gasteiger partial charge in [-0.2, -0.15) is 0 Å². The third-order valence-corrected chi connectivity index (χ3v) is 8.44. The molecule has 10 heteroatoms. The Morgan fingerprint density at radius 2 is 1.17 bits per heavy atom. The zero-order valence-electron chi connectivity index (χ0n) is 30.0. The van der Waals surface area contributed by atoms with Gasteiger partial charge in [0, 0.05) is 12.8 Å². The number of nitrogens with zero attached hydrogens (tertiary/aromatic N) is 1. The lowest BCUT2D eigenvalue weighted by molar-refractivity contribution is -0.870. The van der Waals surface area contributed by atoms with Gasteiger partial charge in [-0.25, -0.2) is 0 Å². The van der Waals surface area contributed by atoms with Crippen molar-refractivity contribution in [3.63, 3.8) is 0 Å². The van der Waals surface area contributed by atoms with Crippen LogP contribution in [0.3, 0.4) is 0 Å². The molecule has 46 heavy (non-hydrogen) atoms. The van der Waals surface area contributed by atoms with Gasteiger partial charge in [0.2, 0.25) is 0 Å². The molecule has 0 heterocycles. The van der Waals surface area contributed by atoms with Crippen molar-refractivity contribution in [2.75, 3.05) is 47.5 Å². The summed E-state index contributed by atoms with van der Waals surface area (Å²) in [7, 11) is 1.15. The molecule has 0 fully saturated rings. The third kappa shape index (κ3) is 32.4. The van der Waals surface area contributed by atoms with E-state index in [-0.39, 0.29) is 26.1 Å². The average Bonchev–Trinajstić information content (AvgIpc) is 2.99. The second kappa shape index (κ2) is 29.6. The summed E-state index contributed by atoms with van der Waals surface area (Å²) in [5.74, 6) is -0.859. The van der Waals surface area contributed by atoms with E-state index in [4.69, 9.17) is 18.5 Å². The van der Waals surface area contributed by atoms with E-state index in [1.54, 1.807) is 0 Å². The molecule has 0 aliphatic carbocycles. The van der Waals surface area contributed by atoms with Gasteiger partial charge in [-0.15, -0.1) is 0 Å². The Kier molecular flexibility index (Phi) is 28.6. The summed E-state index contributed by atoms with van der Waals surface area (Å²) in [5.41, 5.74) is 0. The van der Waals surface area contributed by atoms with Crippen molar-refractivity contribution in [1.82, 2.24) is 0 Å². The number of carbonyl (C=O) groups excluding carboxylic acids is 2. The molecule has 0 saturated heterocycles. The highest BCUT2D eigenvalue weighted by atomic mass is 31.2. The summed E-state index contributed by atoms with van der Waals surface area (Å²) in [6.07, 6.45) is 27.9. The van der Waals surface area contributed by atoms with E-state index in [2.05, 4.69) is 38.2 Å². The summed E-state index contributed by atoms with van der Waals surface area (Å²) in [6.45, 7) is 4.11. The maximum Gasteiger partial charge on any atom is 0.306 e. The van der Waals surface area contributed by atoms with E-state index < -0.39 is 32.5 Å². The van der Waals surface area contributed by atoms with Crippen molar-refractivity contribution in [3.8, 4) is 0 Å². The Hall–Kier alpha value is -1.51. The molecule has 0 amide bonds. The van der Waals surface area contributed by atoms with Crippen molar-refractivity contribution in [2.45, 2.75) is 148 Å². The predicted molar refractivity (Wildman–Crippen MR) is 185 cm³/mol. The highest BCUT2D eigenvalue weighted by Crippen LogP contribution is 2.38. The van der Waals surface area contributed by atoms with Gasteiger partial charge in [-0.1, -0.05) is 109 Å². The molecule has 0 radical (unpaired) electrons. The lowest BCUT2D eigenvalue weighted by Gasteiger charge is -2.28. The number of hydrogen-bond acceptors (Lipinski definition) is 8. The Bertz CT molecular complexity index is 855. The fourth-order valence-electron chi connectivity index (χ4n) is 4.56. The van der Waals surface area contributed by atoms with E-state index in [0.29, 0.717) is 23.9 Å². The maximum absolute atomic E-state index is 12.5. The minimum atomic E-state index is -4.61. The van der Waals surface area contributed by atoms with Crippen LogP contribution in [-0.2, 0) is 32.7 Å². The zero-order valence-corrected chi connectivity index (χ0v) is 30.9. The van der Waals surface area contributed by atoms with Gasteiger partial charge in [0.25, 0.3) is 7.82 Å². The highest BCUT2D eigenvalue weighted by Gasteiger charge is 2.21. The highest BCUT2D eigenvalue weighted by molar-refractivity contribution is 7.45. The number of phosphoric ester groups is 1. The standard InChI is InChI=1S/C36H68NO8P/c1-6-8-10-12-14-15-16-17-18-19-20-21-23-24-26-28-35(38)42-32-34(33-44-46(40,41)43-31-30-37(3,4)5)45-36(39)29-27-25-22-13-11-9-7-2/h14-15,17-18,34H,6-13,16,19-33H2,1-5H3/b15-14+,18-17+/t34-/m0/s1. The van der Waals surface area contributed by atoms with Crippen LogP contribution in [0.25, 0.3) is 0 Å². The van der Waals surface area contributed by atoms with Crippen molar-refractivity contribution >= 4 is 19.8 Å². The van der Waals surface area contributed by atoms with Crippen LogP contribution in [0, 0.1) is 0 Å². The van der Waals surface area contributed by atoms with E-state index in [1.165, 1.54) is 44.9 Å². The number of quaternary nitrogens is 1. The lowest BCUT2D eigenvalue weighted by Crippen LogP contribution is -2.37. The SMILES string of the molecule is CCCCC/C=C/C/C=C/CCCCCCCC(=O)OC[C@@H](COP(=O)([O-])OCC[N+](C)(C)C)OC(=O)CCCCCCCCC. The minimum absolute atomic E-state index is 0.0322. The van der Waals surface area contributed by atoms with Gasteiger partial charge < -0.3 is 27.9 Å². The van der Waals surface area contributed by atoms with Crippen LogP contribution in [0.2, 0.25) is 0 Å². The number of rotatable bonds is 32. The van der Waals surface area contributed by atoms with E-state index in [9.17, 15) is 19.0 Å². The topological polar surface area (TPSA) is 111 Å². The molecule has 0 aliphatic rings. The Morgan fingerprint density at radius 1 is 0.674 bits per heavy atom. The third-order valence-electron chi connectivity index (χ3n) is 7.47. The number of allylic oxidation sites excluding steroid dienone is 4. The molecule has 0 bridgehead atoms. The van der Waals surface area contributed by atoms with Crippen LogP contribution in [0.4, 0.5) is 0 Å².